The second kappa shape index (κ2) is 8.44. The molecule has 24 heavy (non-hydrogen) atoms. The van der Waals surface area contributed by atoms with Gasteiger partial charge in [0, 0.05) is 19.6 Å². The summed E-state index contributed by atoms with van der Waals surface area (Å²) in [6, 6.07) is 10.2. The Kier molecular flexibility index (Phi) is 6.31. The van der Waals surface area contributed by atoms with Crippen molar-refractivity contribution in [2.24, 2.45) is 0 Å². The smallest absolute Gasteiger partial charge is 0.387 e. The molecule has 1 atom stereocenters. The number of alkyl halides is 2. The molecule has 5 nitrogen and oxygen atoms in total. The number of benzene rings is 1. The molecule has 2 N–H and O–H groups in total. The Balaban J connectivity index is 1.97. The first-order chi connectivity index (χ1) is 11.5. The Labute approximate surface area is 139 Å². The zero-order valence-corrected chi connectivity index (χ0v) is 13.6. The summed E-state index contributed by atoms with van der Waals surface area (Å²) in [5.74, 6) is 0.840. The zero-order valence-electron chi connectivity index (χ0n) is 13.6. The maximum Gasteiger partial charge on any atom is 0.387 e. The lowest BCUT2D eigenvalue weighted by Crippen LogP contribution is -2.21. The van der Waals surface area contributed by atoms with Crippen molar-refractivity contribution in [1.82, 2.24) is 4.98 Å². The topological polar surface area (TPSA) is 57.6 Å². The third-order valence-corrected chi connectivity index (χ3v) is 3.59. The van der Waals surface area contributed by atoms with E-state index < -0.39 is 6.61 Å². The largest absolute Gasteiger partial charge is 0.435 e. The molecule has 2 rings (SSSR count). The van der Waals surface area contributed by atoms with Gasteiger partial charge in [0.05, 0.1) is 18.5 Å². The van der Waals surface area contributed by atoms with Crippen molar-refractivity contribution in [2.75, 3.05) is 30.4 Å². The van der Waals surface area contributed by atoms with Crippen LogP contribution in [0.4, 0.5) is 20.3 Å². The second-order valence-corrected chi connectivity index (χ2v) is 5.36. The minimum absolute atomic E-state index is 0.0425. The molecule has 0 saturated carbocycles. The van der Waals surface area contributed by atoms with Crippen molar-refractivity contribution in [2.45, 2.75) is 19.6 Å². The van der Waals surface area contributed by atoms with Crippen LogP contribution in [0, 0.1) is 0 Å². The number of hydrogen-bond donors (Lipinski definition) is 2. The van der Waals surface area contributed by atoms with Gasteiger partial charge in [-0.3, -0.25) is 0 Å². The third-order valence-electron chi connectivity index (χ3n) is 3.59. The lowest BCUT2D eigenvalue weighted by molar-refractivity contribution is -0.0498. The van der Waals surface area contributed by atoms with Crippen molar-refractivity contribution in [1.29, 1.82) is 0 Å². The summed E-state index contributed by atoms with van der Waals surface area (Å²) in [4.78, 5) is 6.25. The molecule has 7 heteroatoms. The highest BCUT2D eigenvalue weighted by atomic mass is 19.3. The summed E-state index contributed by atoms with van der Waals surface area (Å²) < 4.78 is 28.6. The van der Waals surface area contributed by atoms with E-state index in [1.165, 1.54) is 12.1 Å². The van der Waals surface area contributed by atoms with E-state index in [0.717, 1.165) is 11.3 Å². The highest BCUT2D eigenvalue weighted by Gasteiger charge is 2.09. The molecule has 0 fully saturated rings. The first-order valence-corrected chi connectivity index (χ1v) is 7.59. The summed E-state index contributed by atoms with van der Waals surface area (Å²) in [5.41, 5.74) is 1.84. The number of aromatic nitrogens is 1. The van der Waals surface area contributed by atoms with Crippen LogP contribution in [0.15, 0.2) is 42.6 Å². The van der Waals surface area contributed by atoms with Gasteiger partial charge < -0.3 is 20.1 Å². The lowest BCUT2D eigenvalue weighted by Gasteiger charge is -2.19. The Bertz CT molecular complexity index is 621. The van der Waals surface area contributed by atoms with Crippen LogP contribution >= 0.6 is 0 Å². The number of hydrogen-bond acceptors (Lipinski definition) is 5. The molecular formula is C17H21F2N3O2. The van der Waals surface area contributed by atoms with Gasteiger partial charge in [-0.25, -0.2) is 4.98 Å². The fraction of sp³-hybridized carbons (Fsp3) is 0.353. The Morgan fingerprint density at radius 1 is 1.21 bits per heavy atom. The lowest BCUT2D eigenvalue weighted by atomic mass is 10.1. The molecule has 0 spiro atoms. The molecule has 1 aromatic carbocycles. The minimum atomic E-state index is -2.82. The van der Waals surface area contributed by atoms with Crippen LogP contribution in [0.5, 0.6) is 5.75 Å². The Hall–Kier alpha value is -2.41. The zero-order chi connectivity index (χ0) is 17.5. The molecule has 1 aromatic heterocycles. The van der Waals surface area contributed by atoms with Gasteiger partial charge in [0.15, 0.2) is 0 Å². The van der Waals surface area contributed by atoms with Gasteiger partial charge in [-0.2, -0.15) is 8.78 Å². The summed E-state index contributed by atoms with van der Waals surface area (Å²) in [6.45, 7) is -0.245. The Morgan fingerprint density at radius 2 is 1.92 bits per heavy atom. The molecule has 0 aliphatic carbocycles. The van der Waals surface area contributed by atoms with Gasteiger partial charge in [0.25, 0.3) is 0 Å². The first kappa shape index (κ1) is 17.9. The maximum absolute atomic E-state index is 12.1. The number of anilines is 2. The fourth-order valence-electron chi connectivity index (χ4n) is 2.22. The van der Waals surface area contributed by atoms with E-state index in [2.05, 4.69) is 15.0 Å². The van der Waals surface area contributed by atoms with E-state index in [0.29, 0.717) is 12.4 Å². The van der Waals surface area contributed by atoms with Crippen molar-refractivity contribution >= 4 is 11.5 Å². The number of ether oxygens (including phenoxy) is 1. The van der Waals surface area contributed by atoms with E-state index in [-0.39, 0.29) is 18.4 Å². The highest BCUT2D eigenvalue weighted by Crippen LogP contribution is 2.22. The third kappa shape index (κ3) is 5.06. The van der Waals surface area contributed by atoms with Crippen LogP contribution in [0.3, 0.4) is 0 Å². The van der Waals surface area contributed by atoms with Crippen LogP contribution in [-0.4, -0.2) is 36.9 Å². The fourth-order valence-corrected chi connectivity index (χ4v) is 2.22. The molecule has 0 radical (unpaired) electrons. The van der Waals surface area contributed by atoms with Crippen molar-refractivity contribution < 1.29 is 18.6 Å². The molecule has 0 saturated heterocycles. The average Bonchev–Trinajstić information content (AvgIpc) is 2.56. The first-order valence-electron chi connectivity index (χ1n) is 7.59. The number of aliphatic hydroxyl groups excluding tert-OH is 1. The number of nitrogens with zero attached hydrogens (tertiary/aromatic N) is 2. The van der Waals surface area contributed by atoms with Crippen LogP contribution in [0.2, 0.25) is 0 Å². The normalized spacial score (nSPS) is 12.1. The quantitative estimate of drug-likeness (QED) is 0.774. The summed E-state index contributed by atoms with van der Waals surface area (Å²) in [6.07, 6.45) is 1.73. The molecule has 1 heterocycles. The van der Waals surface area contributed by atoms with Crippen LogP contribution in [-0.2, 0) is 0 Å². The number of rotatable bonds is 8. The van der Waals surface area contributed by atoms with Crippen LogP contribution in [0.1, 0.15) is 18.5 Å². The SMILES string of the molecule is CC(Nc1ccc(N(C)CCO)cn1)c1ccc(OC(F)F)cc1. The molecule has 0 aliphatic heterocycles. The maximum atomic E-state index is 12.1. The number of likely N-dealkylation sites (N-methyl/N-ethyl adjacent to an activating group) is 1. The molecular weight excluding hydrogens is 316 g/mol. The van der Waals surface area contributed by atoms with E-state index in [1.807, 2.05) is 31.0 Å². The number of aliphatic hydroxyl groups is 1. The van der Waals surface area contributed by atoms with Crippen LogP contribution < -0.4 is 15.0 Å². The summed E-state index contributed by atoms with van der Waals surface area (Å²) >= 11 is 0. The van der Waals surface area contributed by atoms with E-state index in [4.69, 9.17) is 5.11 Å². The highest BCUT2D eigenvalue weighted by molar-refractivity contribution is 5.49. The number of pyridine rings is 1. The van der Waals surface area contributed by atoms with Crippen molar-refractivity contribution in [3.05, 3.63) is 48.2 Å². The van der Waals surface area contributed by atoms with Crippen molar-refractivity contribution in [3.8, 4) is 5.75 Å². The van der Waals surface area contributed by atoms with Gasteiger partial charge in [0.1, 0.15) is 11.6 Å². The van der Waals surface area contributed by atoms with Gasteiger partial charge in [-0.1, -0.05) is 12.1 Å². The van der Waals surface area contributed by atoms with Crippen molar-refractivity contribution in [3.63, 3.8) is 0 Å². The molecule has 130 valence electrons. The predicted molar refractivity (Wildman–Crippen MR) is 89.7 cm³/mol. The van der Waals surface area contributed by atoms with Crippen LogP contribution in [0.25, 0.3) is 0 Å². The average molecular weight is 337 g/mol. The number of halogens is 2. The summed E-state index contributed by atoms with van der Waals surface area (Å²) in [7, 11) is 1.88. The molecule has 0 amide bonds. The minimum Gasteiger partial charge on any atom is -0.435 e. The van der Waals surface area contributed by atoms with E-state index in [1.54, 1.807) is 18.3 Å². The van der Waals surface area contributed by atoms with Gasteiger partial charge in [-0.15, -0.1) is 0 Å². The Morgan fingerprint density at radius 3 is 2.46 bits per heavy atom. The van der Waals surface area contributed by atoms with E-state index >= 15 is 0 Å². The predicted octanol–water partition coefficient (Wildman–Crippen LogP) is 3.28. The monoisotopic (exact) mass is 337 g/mol. The van der Waals surface area contributed by atoms with Gasteiger partial charge in [0.2, 0.25) is 0 Å². The summed E-state index contributed by atoms with van der Waals surface area (Å²) in [5, 5.41) is 12.2. The second-order valence-electron chi connectivity index (χ2n) is 5.36. The van der Waals surface area contributed by atoms with Gasteiger partial charge >= 0.3 is 6.61 Å². The standard InChI is InChI=1S/C17H21F2N3O2/c1-12(13-3-6-15(7-4-13)24-17(18)19)21-16-8-5-14(11-20-16)22(2)9-10-23/h3-8,11-12,17,23H,9-10H2,1-2H3,(H,20,21). The van der Waals surface area contributed by atoms with Gasteiger partial charge in [-0.05, 0) is 36.8 Å². The molecule has 0 aliphatic rings. The molecule has 0 bridgehead atoms. The van der Waals surface area contributed by atoms with E-state index in [9.17, 15) is 8.78 Å². The number of nitrogens with one attached hydrogen (secondary N) is 1. The molecule has 2 aromatic rings. The molecule has 1 unspecified atom stereocenters.